The molecule has 3 rings (SSSR count). The van der Waals surface area contributed by atoms with Crippen LogP contribution >= 0.6 is 0 Å². The van der Waals surface area contributed by atoms with Gasteiger partial charge in [-0.3, -0.25) is 4.79 Å². The van der Waals surface area contributed by atoms with Crippen LogP contribution in [-0.4, -0.2) is 17.8 Å². The lowest BCUT2D eigenvalue weighted by atomic mass is 10.1. The molecule has 5 N–H and O–H groups in total. The average Bonchev–Trinajstić information content (AvgIpc) is 2.77. The van der Waals surface area contributed by atoms with Gasteiger partial charge in [0, 0.05) is 11.3 Å². The number of fused-ring (bicyclic) bond motifs is 1. The molecule has 0 aliphatic carbocycles. The summed E-state index contributed by atoms with van der Waals surface area (Å²) in [7, 11) is 0. The smallest absolute Gasteiger partial charge is 0.346 e. The van der Waals surface area contributed by atoms with Crippen LogP contribution in [0, 0.1) is 0 Å². The van der Waals surface area contributed by atoms with Gasteiger partial charge in [0.15, 0.2) is 0 Å². The SMILES string of the molecule is Nc1ccc(NC(=O)c2ccc3c(c2)C(=O)OC3=O)cc1N. The maximum atomic E-state index is 12.2. The molecule has 0 radical (unpaired) electrons. The van der Waals surface area contributed by atoms with Crippen LogP contribution in [0.1, 0.15) is 31.1 Å². The number of hydrogen-bond acceptors (Lipinski definition) is 6. The molecule has 0 saturated carbocycles. The highest BCUT2D eigenvalue weighted by Crippen LogP contribution is 2.23. The van der Waals surface area contributed by atoms with E-state index in [-0.39, 0.29) is 16.7 Å². The number of nitrogens with two attached hydrogens (primary N) is 2. The maximum Gasteiger partial charge on any atom is 0.346 e. The molecule has 0 unspecified atom stereocenters. The number of anilines is 3. The summed E-state index contributed by atoms with van der Waals surface area (Å²) in [6.07, 6.45) is 0. The highest BCUT2D eigenvalue weighted by Gasteiger charge is 2.30. The highest BCUT2D eigenvalue weighted by atomic mass is 16.6. The second kappa shape index (κ2) is 4.88. The number of carbonyl (C=O) groups excluding carboxylic acids is 3. The molecule has 1 aliphatic rings. The third kappa shape index (κ3) is 2.24. The molecule has 0 spiro atoms. The van der Waals surface area contributed by atoms with Gasteiger partial charge >= 0.3 is 11.9 Å². The Kier molecular flexibility index (Phi) is 3.03. The molecule has 2 aromatic carbocycles. The molecule has 1 amide bonds. The van der Waals surface area contributed by atoms with Gasteiger partial charge in [0.1, 0.15) is 0 Å². The molecule has 0 saturated heterocycles. The van der Waals surface area contributed by atoms with Gasteiger partial charge in [0.25, 0.3) is 5.91 Å². The maximum absolute atomic E-state index is 12.2. The predicted molar refractivity (Wildman–Crippen MR) is 79.4 cm³/mol. The zero-order valence-electron chi connectivity index (χ0n) is 11.3. The summed E-state index contributed by atoms with van der Waals surface area (Å²) in [4.78, 5) is 35.0. The minimum atomic E-state index is -0.758. The van der Waals surface area contributed by atoms with Gasteiger partial charge in [0.2, 0.25) is 0 Å². The molecule has 7 heteroatoms. The lowest BCUT2D eigenvalue weighted by molar-refractivity contribution is 0.0443. The van der Waals surface area contributed by atoms with E-state index in [4.69, 9.17) is 11.5 Å². The van der Waals surface area contributed by atoms with E-state index < -0.39 is 17.8 Å². The molecule has 110 valence electrons. The van der Waals surface area contributed by atoms with Crippen molar-refractivity contribution in [2.75, 3.05) is 16.8 Å². The van der Waals surface area contributed by atoms with Gasteiger partial charge in [-0.25, -0.2) is 9.59 Å². The van der Waals surface area contributed by atoms with Crippen molar-refractivity contribution in [3.63, 3.8) is 0 Å². The third-order valence-electron chi connectivity index (χ3n) is 3.25. The molecule has 0 atom stereocenters. The van der Waals surface area contributed by atoms with Crippen molar-refractivity contribution in [2.24, 2.45) is 0 Å². The first-order chi connectivity index (χ1) is 10.5. The van der Waals surface area contributed by atoms with Gasteiger partial charge < -0.3 is 21.5 Å². The zero-order valence-corrected chi connectivity index (χ0v) is 11.3. The number of benzene rings is 2. The number of nitrogens with one attached hydrogen (secondary N) is 1. The summed E-state index contributed by atoms with van der Waals surface area (Å²) in [6.45, 7) is 0. The van der Waals surface area contributed by atoms with Crippen LogP contribution in [0.2, 0.25) is 0 Å². The number of esters is 2. The summed E-state index contributed by atoms with van der Waals surface area (Å²) in [5.74, 6) is -1.91. The highest BCUT2D eigenvalue weighted by molar-refractivity contribution is 6.16. The van der Waals surface area contributed by atoms with Crippen LogP contribution in [0.4, 0.5) is 17.1 Å². The average molecular weight is 297 g/mol. The minimum Gasteiger partial charge on any atom is -0.397 e. The number of rotatable bonds is 2. The lowest BCUT2D eigenvalue weighted by Crippen LogP contribution is -2.13. The molecule has 1 heterocycles. The third-order valence-corrected chi connectivity index (χ3v) is 3.25. The zero-order chi connectivity index (χ0) is 15.9. The Hall–Kier alpha value is -3.35. The molecule has 2 aromatic rings. The van der Waals surface area contributed by atoms with E-state index >= 15 is 0 Å². The monoisotopic (exact) mass is 297 g/mol. The van der Waals surface area contributed by atoms with E-state index in [1.54, 1.807) is 12.1 Å². The number of carbonyl (C=O) groups is 3. The summed E-state index contributed by atoms with van der Waals surface area (Å²) in [5.41, 5.74) is 12.9. The predicted octanol–water partition coefficient (Wildman–Crippen LogP) is 1.41. The van der Waals surface area contributed by atoms with E-state index in [1.807, 2.05) is 0 Å². The standard InChI is InChI=1S/C15H11N3O4/c16-11-4-2-8(6-12(11)17)18-13(19)7-1-3-9-10(5-7)15(21)22-14(9)20/h1-6H,16-17H2,(H,18,19). The van der Waals surface area contributed by atoms with E-state index in [2.05, 4.69) is 10.1 Å². The second-order valence-corrected chi connectivity index (χ2v) is 4.74. The summed E-state index contributed by atoms with van der Waals surface area (Å²) < 4.78 is 4.47. The van der Waals surface area contributed by atoms with Gasteiger partial charge in [0.05, 0.1) is 22.5 Å². The molecule has 0 aromatic heterocycles. The first-order valence-corrected chi connectivity index (χ1v) is 6.32. The fourth-order valence-electron chi connectivity index (χ4n) is 2.08. The van der Waals surface area contributed by atoms with Crippen molar-refractivity contribution >= 4 is 34.9 Å². The molecule has 0 fully saturated rings. The summed E-state index contributed by atoms with van der Waals surface area (Å²) in [5, 5.41) is 2.63. The van der Waals surface area contributed by atoms with Gasteiger partial charge in [-0.2, -0.15) is 0 Å². The van der Waals surface area contributed by atoms with Gasteiger partial charge in [-0.15, -0.1) is 0 Å². The fraction of sp³-hybridized carbons (Fsp3) is 0. The summed E-state index contributed by atoms with van der Waals surface area (Å²) in [6, 6.07) is 8.85. The summed E-state index contributed by atoms with van der Waals surface area (Å²) >= 11 is 0. The Morgan fingerprint density at radius 1 is 0.909 bits per heavy atom. The minimum absolute atomic E-state index is 0.0782. The Morgan fingerprint density at radius 3 is 2.36 bits per heavy atom. The van der Waals surface area contributed by atoms with Crippen LogP contribution in [0.5, 0.6) is 0 Å². The van der Waals surface area contributed by atoms with Crippen molar-refractivity contribution < 1.29 is 19.1 Å². The second-order valence-electron chi connectivity index (χ2n) is 4.74. The van der Waals surface area contributed by atoms with Crippen LogP contribution in [0.3, 0.4) is 0 Å². The Morgan fingerprint density at radius 2 is 1.64 bits per heavy atom. The van der Waals surface area contributed by atoms with E-state index in [0.29, 0.717) is 17.1 Å². The number of nitrogen functional groups attached to an aromatic ring is 2. The Balaban J connectivity index is 1.87. The fourth-order valence-corrected chi connectivity index (χ4v) is 2.08. The number of cyclic esters (lactones) is 2. The van der Waals surface area contributed by atoms with Crippen molar-refractivity contribution in [1.29, 1.82) is 0 Å². The molecule has 22 heavy (non-hydrogen) atoms. The Labute approximate surface area is 124 Å². The van der Waals surface area contributed by atoms with Crippen molar-refractivity contribution in [3.05, 3.63) is 53.1 Å². The van der Waals surface area contributed by atoms with E-state index in [0.717, 1.165) is 0 Å². The molecular formula is C15H11N3O4. The van der Waals surface area contributed by atoms with Crippen molar-refractivity contribution in [3.8, 4) is 0 Å². The van der Waals surface area contributed by atoms with Gasteiger partial charge in [-0.05, 0) is 36.4 Å². The number of ether oxygens (including phenoxy) is 1. The number of amides is 1. The van der Waals surface area contributed by atoms with E-state index in [9.17, 15) is 14.4 Å². The number of hydrogen-bond donors (Lipinski definition) is 3. The lowest BCUT2D eigenvalue weighted by Gasteiger charge is -2.08. The first-order valence-electron chi connectivity index (χ1n) is 6.32. The first kappa shape index (κ1) is 13.6. The molecule has 0 bridgehead atoms. The normalized spacial score (nSPS) is 12.7. The largest absolute Gasteiger partial charge is 0.397 e. The molecule has 7 nitrogen and oxygen atoms in total. The molecule has 1 aliphatic heterocycles. The van der Waals surface area contributed by atoms with E-state index in [1.165, 1.54) is 24.3 Å². The van der Waals surface area contributed by atoms with Crippen LogP contribution < -0.4 is 16.8 Å². The van der Waals surface area contributed by atoms with Crippen molar-refractivity contribution in [1.82, 2.24) is 0 Å². The van der Waals surface area contributed by atoms with Crippen LogP contribution in [0.25, 0.3) is 0 Å². The van der Waals surface area contributed by atoms with Gasteiger partial charge in [-0.1, -0.05) is 0 Å². The van der Waals surface area contributed by atoms with Crippen LogP contribution in [0.15, 0.2) is 36.4 Å². The topological polar surface area (TPSA) is 125 Å². The quantitative estimate of drug-likeness (QED) is 0.437. The van der Waals surface area contributed by atoms with Crippen molar-refractivity contribution in [2.45, 2.75) is 0 Å². The Bertz CT molecular complexity index is 830. The molecular weight excluding hydrogens is 286 g/mol. The van der Waals surface area contributed by atoms with Crippen LogP contribution in [-0.2, 0) is 4.74 Å².